The molecule has 0 aliphatic heterocycles. The molecule has 2 saturated carbocycles. The minimum Gasteiger partial charge on any atom is -0.368 e. The topological polar surface area (TPSA) is 153 Å². The fourth-order valence-corrected chi connectivity index (χ4v) is 6.51. The zero-order chi connectivity index (χ0) is 29.7. The Bertz CT molecular complexity index is 1780. The van der Waals surface area contributed by atoms with E-state index in [0.29, 0.717) is 48.5 Å². The van der Waals surface area contributed by atoms with Gasteiger partial charge >= 0.3 is 0 Å². The number of carbonyl (C=O) groups is 1. The van der Waals surface area contributed by atoms with Crippen molar-refractivity contribution in [2.75, 3.05) is 12.4 Å². The van der Waals surface area contributed by atoms with E-state index in [1.165, 1.54) is 22.2 Å². The fourth-order valence-electron chi connectivity index (χ4n) is 5.66. The standard InChI is InChI=1S/C28H32FN11O2S/c1-15-10-22(38-37-15)34-24-20-12-32-40(19-4-5-19)25(20)36-23(35-24)17-6-8-28(42-3,9-7-17)26(41)33-16(2)21-13-30-27(43-21)39-14-18(29)11-31-39/h10-14,16-17,19H,4-9H2,1-3H3,(H,33,41)(H2,34,35,36,37,38)/t16-,17-,28-/m0/s1. The van der Waals surface area contributed by atoms with E-state index in [1.54, 1.807) is 13.3 Å². The number of ether oxygens (including phenoxy) is 1. The van der Waals surface area contributed by atoms with Gasteiger partial charge in [0.25, 0.3) is 5.91 Å². The lowest BCUT2D eigenvalue weighted by Gasteiger charge is -2.38. The van der Waals surface area contributed by atoms with Gasteiger partial charge in [-0.2, -0.15) is 15.3 Å². The highest BCUT2D eigenvalue weighted by molar-refractivity contribution is 7.14. The Balaban J connectivity index is 1.08. The molecule has 7 rings (SSSR count). The van der Waals surface area contributed by atoms with E-state index in [1.807, 2.05) is 30.8 Å². The second-order valence-corrected chi connectivity index (χ2v) is 12.4. The van der Waals surface area contributed by atoms with Gasteiger partial charge in [0.1, 0.15) is 17.2 Å². The average Bonchev–Trinajstić information content (AvgIpc) is 3.37. The summed E-state index contributed by atoms with van der Waals surface area (Å²) in [5.74, 6) is 1.54. The predicted molar refractivity (Wildman–Crippen MR) is 157 cm³/mol. The van der Waals surface area contributed by atoms with Crippen molar-refractivity contribution >= 4 is 39.9 Å². The van der Waals surface area contributed by atoms with Crippen LogP contribution in [-0.4, -0.2) is 63.3 Å². The van der Waals surface area contributed by atoms with Crippen LogP contribution in [0.25, 0.3) is 16.2 Å². The first kappa shape index (κ1) is 27.6. The Hall–Kier alpha value is -4.24. The lowest BCUT2D eigenvalue weighted by Crippen LogP contribution is -2.50. The first-order valence-electron chi connectivity index (χ1n) is 14.4. The van der Waals surface area contributed by atoms with Crippen molar-refractivity contribution in [2.45, 2.75) is 76.0 Å². The zero-order valence-electron chi connectivity index (χ0n) is 24.0. The number of carbonyl (C=O) groups excluding carboxylic acids is 1. The molecule has 5 heterocycles. The van der Waals surface area contributed by atoms with Gasteiger partial charge in [-0.1, -0.05) is 11.3 Å². The molecule has 3 N–H and O–H groups in total. The predicted octanol–water partition coefficient (Wildman–Crippen LogP) is 4.64. The lowest BCUT2D eigenvalue weighted by molar-refractivity contribution is -0.148. The first-order valence-corrected chi connectivity index (χ1v) is 15.2. The van der Waals surface area contributed by atoms with Crippen molar-refractivity contribution in [3.63, 3.8) is 0 Å². The number of hydrogen-bond acceptors (Lipinski definition) is 10. The van der Waals surface area contributed by atoms with Crippen LogP contribution >= 0.6 is 11.3 Å². The van der Waals surface area contributed by atoms with E-state index in [2.05, 4.69) is 36.0 Å². The molecule has 0 radical (unpaired) electrons. The highest BCUT2D eigenvalue weighted by atomic mass is 32.1. The smallest absolute Gasteiger partial charge is 0.252 e. The van der Waals surface area contributed by atoms with Crippen molar-refractivity contribution in [2.24, 2.45) is 0 Å². The van der Waals surface area contributed by atoms with Crippen molar-refractivity contribution < 1.29 is 13.9 Å². The highest BCUT2D eigenvalue weighted by Crippen LogP contribution is 2.42. The van der Waals surface area contributed by atoms with E-state index in [-0.39, 0.29) is 17.9 Å². The Morgan fingerprint density at radius 2 is 2.00 bits per heavy atom. The molecule has 0 aromatic carbocycles. The van der Waals surface area contributed by atoms with Crippen molar-refractivity contribution in [3.05, 3.63) is 53.1 Å². The number of aromatic nitrogens is 9. The van der Waals surface area contributed by atoms with E-state index < -0.39 is 11.4 Å². The molecule has 43 heavy (non-hydrogen) atoms. The molecule has 0 spiro atoms. The van der Waals surface area contributed by atoms with Crippen LogP contribution in [0, 0.1) is 12.7 Å². The number of nitrogens with zero attached hydrogens (tertiary/aromatic N) is 8. The van der Waals surface area contributed by atoms with Gasteiger partial charge in [0, 0.05) is 35.9 Å². The number of nitrogens with one attached hydrogen (secondary N) is 3. The molecule has 0 bridgehead atoms. The molecule has 13 nitrogen and oxygen atoms in total. The van der Waals surface area contributed by atoms with Gasteiger partial charge in [-0.25, -0.2) is 28.7 Å². The second-order valence-electron chi connectivity index (χ2n) is 11.4. The summed E-state index contributed by atoms with van der Waals surface area (Å²) < 4.78 is 22.7. The summed E-state index contributed by atoms with van der Waals surface area (Å²) in [6.07, 6.45) is 10.5. The number of rotatable bonds is 9. The average molecular weight is 606 g/mol. The van der Waals surface area contributed by atoms with Crippen molar-refractivity contribution in [3.8, 4) is 5.13 Å². The largest absolute Gasteiger partial charge is 0.368 e. The van der Waals surface area contributed by atoms with Gasteiger partial charge in [0.2, 0.25) is 5.13 Å². The summed E-state index contributed by atoms with van der Waals surface area (Å²) in [5.41, 5.74) is 0.803. The highest BCUT2D eigenvalue weighted by Gasteiger charge is 2.44. The third-order valence-corrected chi connectivity index (χ3v) is 9.48. The Kier molecular flexibility index (Phi) is 6.92. The monoisotopic (exact) mass is 605 g/mol. The number of fused-ring (bicyclic) bond motifs is 1. The summed E-state index contributed by atoms with van der Waals surface area (Å²) in [5, 5.41) is 23.7. The minimum atomic E-state index is -0.961. The maximum atomic E-state index is 13.6. The zero-order valence-corrected chi connectivity index (χ0v) is 24.9. The van der Waals surface area contributed by atoms with Gasteiger partial charge in [-0.05, 0) is 52.4 Å². The summed E-state index contributed by atoms with van der Waals surface area (Å²) >= 11 is 1.34. The molecule has 0 unspecified atom stereocenters. The molecule has 2 aliphatic rings. The van der Waals surface area contributed by atoms with Gasteiger partial charge in [0.15, 0.2) is 17.3 Å². The van der Waals surface area contributed by atoms with Crippen LogP contribution in [0.15, 0.2) is 30.9 Å². The van der Waals surface area contributed by atoms with E-state index >= 15 is 0 Å². The first-order chi connectivity index (χ1) is 20.8. The molecular formula is C28H32FN11O2S. The van der Waals surface area contributed by atoms with Crippen molar-refractivity contribution in [1.29, 1.82) is 0 Å². The van der Waals surface area contributed by atoms with Crippen LogP contribution in [0.5, 0.6) is 0 Å². The lowest BCUT2D eigenvalue weighted by atomic mass is 9.77. The number of aromatic amines is 1. The van der Waals surface area contributed by atoms with Crippen LogP contribution in [0.1, 0.15) is 79.8 Å². The number of amides is 1. The van der Waals surface area contributed by atoms with Gasteiger partial charge in [-0.3, -0.25) is 9.89 Å². The fraction of sp³-hybridized carbons (Fsp3) is 0.464. The summed E-state index contributed by atoms with van der Waals surface area (Å²) in [6, 6.07) is 1.99. The minimum absolute atomic E-state index is 0.0560. The number of hydrogen-bond donors (Lipinski definition) is 3. The number of thiazole rings is 1. The van der Waals surface area contributed by atoms with Crippen LogP contribution in [-0.2, 0) is 9.53 Å². The quantitative estimate of drug-likeness (QED) is 0.218. The summed E-state index contributed by atoms with van der Waals surface area (Å²) in [4.78, 5) is 28.7. The maximum Gasteiger partial charge on any atom is 0.252 e. The number of H-pyrrole nitrogens is 1. The van der Waals surface area contributed by atoms with Gasteiger partial charge in [-0.15, -0.1) is 0 Å². The Morgan fingerprint density at radius 3 is 2.67 bits per heavy atom. The number of halogens is 1. The number of methoxy groups -OCH3 is 1. The molecule has 1 atom stereocenters. The normalized spacial score (nSPS) is 21.3. The summed E-state index contributed by atoms with van der Waals surface area (Å²) in [7, 11) is 1.59. The van der Waals surface area contributed by atoms with Crippen LogP contribution in [0.3, 0.4) is 0 Å². The van der Waals surface area contributed by atoms with E-state index in [0.717, 1.165) is 46.5 Å². The number of anilines is 2. The van der Waals surface area contributed by atoms with E-state index in [4.69, 9.17) is 14.7 Å². The molecule has 15 heteroatoms. The molecular weight excluding hydrogens is 573 g/mol. The molecule has 2 aliphatic carbocycles. The molecule has 1 amide bonds. The SMILES string of the molecule is CO[C@]1(C(=O)N[C@@H](C)c2cnc(-n3cc(F)cn3)s2)CC[C@@H](c2nc(Nc3cc(C)[nH]n3)c3cnn(C4CC4)c3n2)CC1. The molecule has 5 aromatic rings. The van der Waals surface area contributed by atoms with E-state index in [9.17, 15) is 9.18 Å². The Labute approximate surface area is 250 Å². The second kappa shape index (κ2) is 10.8. The maximum absolute atomic E-state index is 13.6. The van der Waals surface area contributed by atoms with Crippen LogP contribution in [0.2, 0.25) is 0 Å². The number of aryl methyl sites for hydroxylation is 1. The van der Waals surface area contributed by atoms with Crippen molar-refractivity contribution in [1.82, 2.24) is 50.0 Å². The summed E-state index contributed by atoms with van der Waals surface area (Å²) in [6.45, 7) is 3.85. The van der Waals surface area contributed by atoms with Crippen LogP contribution < -0.4 is 10.6 Å². The third-order valence-electron chi connectivity index (χ3n) is 8.31. The van der Waals surface area contributed by atoms with Gasteiger partial charge in [0.05, 0.1) is 36.1 Å². The molecule has 5 aromatic heterocycles. The van der Waals surface area contributed by atoms with Crippen LogP contribution in [0.4, 0.5) is 16.0 Å². The third kappa shape index (κ3) is 5.27. The molecule has 0 saturated heterocycles. The molecule has 224 valence electrons. The van der Waals surface area contributed by atoms with Gasteiger partial charge < -0.3 is 15.4 Å². The Morgan fingerprint density at radius 1 is 1.19 bits per heavy atom. The molecule has 2 fully saturated rings.